The fraction of sp³-hybridized carbons (Fsp3) is 0.480. The minimum Gasteiger partial charge on any atom is -0.390 e. The maximum absolute atomic E-state index is 10.6. The second-order valence-electron chi connectivity index (χ2n) is 17.2. The molecule has 0 spiro atoms. The molecule has 0 aromatic carbocycles. The highest BCUT2D eigenvalue weighted by Gasteiger charge is 2.27. The molecule has 0 unspecified atom stereocenters. The number of rotatable bonds is 22. The molecule has 0 saturated heterocycles. The van der Waals surface area contributed by atoms with Crippen LogP contribution in [0, 0.1) is 11.8 Å². The Bertz CT molecular complexity index is 1410. The normalized spacial score (nSPS) is 17.4. The fourth-order valence-electron chi connectivity index (χ4n) is 5.08. The number of aliphatic hydroxyl groups is 4. The largest absolute Gasteiger partial charge is 0.390 e. The van der Waals surface area contributed by atoms with Gasteiger partial charge in [-0.2, -0.15) is 0 Å². The van der Waals surface area contributed by atoms with E-state index in [1.807, 2.05) is 78.0 Å². The van der Waals surface area contributed by atoms with Gasteiger partial charge in [0.15, 0.2) is 0 Å². The third kappa shape index (κ3) is 28.9. The van der Waals surface area contributed by atoms with E-state index < -0.39 is 22.4 Å². The lowest BCUT2D eigenvalue weighted by molar-refractivity contribution is 0.0131. The zero-order valence-corrected chi connectivity index (χ0v) is 36.3. The SMILES string of the molecule is CC(/C=C\[C@H](CCC(C)(C)O)C(C)(C)O)=C\C=C\C(C)=C\C=C\C(C)=C\C=C\C=C(C)\C=C\C=C(C)\C=C\C=C(C)\C=C\[C@H](CCC(C)(C)O)C(C)(C)O. The first-order chi connectivity index (χ1) is 24.8. The topological polar surface area (TPSA) is 80.9 Å². The Morgan fingerprint density at radius 2 is 0.593 bits per heavy atom. The predicted octanol–water partition coefficient (Wildman–Crippen LogP) is 12.4. The lowest BCUT2D eigenvalue weighted by Crippen LogP contribution is -2.31. The van der Waals surface area contributed by atoms with Crippen molar-refractivity contribution in [2.24, 2.45) is 11.8 Å². The standard InChI is InChI=1S/C50H76O4/c1-39(23-17-25-41(3)27-19-29-43(5)31-33-45(49(11,12)53)35-37-47(7,8)51)21-15-16-22-40(2)24-18-26-42(4)28-20-30-44(6)32-34-46(50(13,14)54)36-38-48(9,10)52/h15-34,45-46,51-54H,35-38H2,1-14H3/b16-15+,23-17+,24-18+,27-19+,28-20+,33-31-,34-32+,39-21+,40-22+,41-25+,42-26+,43-29+,44-30+/t45-,46-/m1/s1. The molecule has 0 aromatic heterocycles. The summed E-state index contributed by atoms with van der Waals surface area (Å²) < 4.78 is 0. The Labute approximate surface area is 331 Å². The molecule has 0 bridgehead atoms. The highest BCUT2D eigenvalue weighted by molar-refractivity contribution is 5.33. The van der Waals surface area contributed by atoms with E-state index >= 15 is 0 Å². The van der Waals surface area contributed by atoms with Crippen molar-refractivity contribution in [1.29, 1.82) is 0 Å². The summed E-state index contributed by atoms with van der Waals surface area (Å²) in [6, 6.07) is 0. The van der Waals surface area contributed by atoms with Crippen molar-refractivity contribution >= 4 is 0 Å². The molecule has 4 nitrogen and oxygen atoms in total. The van der Waals surface area contributed by atoms with Crippen LogP contribution < -0.4 is 0 Å². The van der Waals surface area contributed by atoms with Gasteiger partial charge in [-0.15, -0.1) is 0 Å². The minimum absolute atomic E-state index is 0.0384. The summed E-state index contributed by atoms with van der Waals surface area (Å²) in [5.41, 5.74) is 3.60. The molecule has 0 aromatic rings. The molecule has 0 rings (SSSR count). The summed E-state index contributed by atoms with van der Waals surface area (Å²) in [6.45, 7) is 26.9. The average molecular weight is 741 g/mol. The van der Waals surface area contributed by atoms with Crippen molar-refractivity contribution in [3.05, 3.63) is 155 Å². The lowest BCUT2D eigenvalue weighted by atomic mass is 9.83. The minimum atomic E-state index is -0.848. The van der Waals surface area contributed by atoms with Gasteiger partial charge in [-0.3, -0.25) is 0 Å². The van der Waals surface area contributed by atoms with Crippen LogP contribution in [-0.4, -0.2) is 42.8 Å². The Morgan fingerprint density at radius 3 is 0.815 bits per heavy atom. The van der Waals surface area contributed by atoms with E-state index in [9.17, 15) is 20.4 Å². The number of hydrogen-bond acceptors (Lipinski definition) is 4. The second kappa shape index (κ2) is 24.8. The lowest BCUT2D eigenvalue weighted by Gasteiger charge is -2.29. The van der Waals surface area contributed by atoms with E-state index in [1.54, 1.807) is 27.7 Å². The molecule has 300 valence electrons. The third-order valence-corrected chi connectivity index (χ3v) is 8.83. The van der Waals surface area contributed by atoms with E-state index in [1.165, 1.54) is 0 Å². The molecule has 0 amide bonds. The van der Waals surface area contributed by atoms with E-state index in [4.69, 9.17) is 0 Å². The van der Waals surface area contributed by atoms with Crippen molar-refractivity contribution in [3.63, 3.8) is 0 Å². The van der Waals surface area contributed by atoms with Gasteiger partial charge in [0.05, 0.1) is 22.4 Å². The molecule has 0 aliphatic heterocycles. The van der Waals surface area contributed by atoms with Crippen LogP contribution in [0.4, 0.5) is 0 Å². The van der Waals surface area contributed by atoms with Gasteiger partial charge in [0.25, 0.3) is 0 Å². The maximum atomic E-state index is 10.6. The summed E-state index contributed by atoms with van der Waals surface area (Å²) >= 11 is 0. The van der Waals surface area contributed by atoms with Crippen LogP contribution >= 0.6 is 0 Å². The summed E-state index contributed by atoms with van der Waals surface area (Å²) in [7, 11) is 0. The van der Waals surface area contributed by atoms with E-state index in [-0.39, 0.29) is 11.8 Å². The first-order valence-corrected chi connectivity index (χ1v) is 19.5. The highest BCUT2D eigenvalue weighted by Crippen LogP contribution is 2.28. The molecule has 0 heterocycles. The molecule has 0 saturated carbocycles. The summed E-state index contributed by atoms with van der Waals surface area (Å²) in [6.07, 6.45) is 44.0. The molecular formula is C50H76O4. The molecule has 54 heavy (non-hydrogen) atoms. The molecule has 0 radical (unpaired) electrons. The molecular weight excluding hydrogens is 665 g/mol. The summed E-state index contributed by atoms with van der Waals surface area (Å²) in [5, 5.41) is 41.3. The summed E-state index contributed by atoms with van der Waals surface area (Å²) in [5.74, 6) is -0.0768. The van der Waals surface area contributed by atoms with Gasteiger partial charge in [-0.25, -0.2) is 0 Å². The summed E-state index contributed by atoms with van der Waals surface area (Å²) in [4.78, 5) is 0. The zero-order chi connectivity index (χ0) is 41.6. The van der Waals surface area contributed by atoms with Gasteiger partial charge in [0.2, 0.25) is 0 Å². The van der Waals surface area contributed by atoms with Crippen LogP contribution in [0.3, 0.4) is 0 Å². The van der Waals surface area contributed by atoms with Crippen LogP contribution in [0.5, 0.6) is 0 Å². The third-order valence-electron chi connectivity index (χ3n) is 8.83. The Kier molecular flexibility index (Phi) is 23.2. The van der Waals surface area contributed by atoms with E-state index in [0.29, 0.717) is 25.7 Å². The van der Waals surface area contributed by atoms with Crippen molar-refractivity contribution < 1.29 is 20.4 Å². The molecule has 0 aliphatic carbocycles. The number of allylic oxidation sites excluding steroid dienone is 24. The average Bonchev–Trinajstić information content (AvgIpc) is 3.00. The highest BCUT2D eigenvalue weighted by atomic mass is 16.3. The maximum Gasteiger partial charge on any atom is 0.0654 e. The van der Waals surface area contributed by atoms with Gasteiger partial charge in [0, 0.05) is 11.8 Å². The van der Waals surface area contributed by atoms with Crippen LogP contribution in [-0.2, 0) is 0 Å². The smallest absolute Gasteiger partial charge is 0.0654 e. The van der Waals surface area contributed by atoms with Gasteiger partial charge in [-0.1, -0.05) is 155 Å². The van der Waals surface area contributed by atoms with Crippen molar-refractivity contribution in [2.75, 3.05) is 0 Å². The van der Waals surface area contributed by atoms with Crippen LogP contribution in [0.15, 0.2) is 155 Å². The van der Waals surface area contributed by atoms with Crippen LogP contribution in [0.2, 0.25) is 0 Å². The molecule has 4 N–H and O–H groups in total. The van der Waals surface area contributed by atoms with Crippen molar-refractivity contribution in [3.8, 4) is 0 Å². The Balaban J connectivity index is 5.09. The number of hydrogen-bond donors (Lipinski definition) is 4. The quantitative estimate of drug-likeness (QED) is 0.0833. The Hall–Kier alpha value is -3.54. The fourth-order valence-corrected chi connectivity index (χ4v) is 5.08. The zero-order valence-electron chi connectivity index (χ0n) is 36.3. The second-order valence-corrected chi connectivity index (χ2v) is 17.2. The Morgan fingerprint density at radius 1 is 0.370 bits per heavy atom. The van der Waals surface area contributed by atoms with Crippen molar-refractivity contribution in [2.45, 2.75) is 145 Å². The molecule has 0 aliphatic rings. The first-order valence-electron chi connectivity index (χ1n) is 19.5. The van der Waals surface area contributed by atoms with Crippen LogP contribution in [0.25, 0.3) is 0 Å². The molecule has 4 heteroatoms. The van der Waals surface area contributed by atoms with Crippen LogP contribution in [0.1, 0.15) is 123 Å². The predicted molar refractivity (Wildman–Crippen MR) is 237 cm³/mol. The van der Waals surface area contributed by atoms with Gasteiger partial charge >= 0.3 is 0 Å². The molecule has 2 atom stereocenters. The first kappa shape index (κ1) is 50.5. The van der Waals surface area contributed by atoms with Crippen molar-refractivity contribution in [1.82, 2.24) is 0 Å². The van der Waals surface area contributed by atoms with Gasteiger partial charge < -0.3 is 20.4 Å². The monoisotopic (exact) mass is 741 g/mol. The molecule has 0 fully saturated rings. The van der Waals surface area contributed by atoms with Gasteiger partial charge in [0.1, 0.15) is 0 Å². The van der Waals surface area contributed by atoms with Gasteiger partial charge in [-0.05, 0) is 123 Å². The van der Waals surface area contributed by atoms with E-state index in [0.717, 1.165) is 33.4 Å². The van der Waals surface area contributed by atoms with E-state index in [2.05, 4.69) is 113 Å².